The Morgan fingerprint density at radius 3 is 2.62 bits per heavy atom. The average molecular weight is 221 g/mol. The van der Waals surface area contributed by atoms with Gasteiger partial charge in [0.05, 0.1) is 19.3 Å². The Balaban J connectivity index is 1.55. The maximum absolute atomic E-state index is 5.82. The molecule has 3 rings (SSSR count). The summed E-state index contributed by atoms with van der Waals surface area (Å²) in [5.41, 5.74) is 0. The van der Waals surface area contributed by atoms with Gasteiger partial charge < -0.3 is 14.2 Å². The standard InChI is InChI=1S/C12H15NO3/c1-2-4-9(5-3-1)16-12(11-8-15-11)13-6-10-7-14-10/h1-5,10-13H,6-8H2. The number of epoxide rings is 2. The molecule has 0 bridgehead atoms. The molecule has 2 aliphatic heterocycles. The molecule has 1 aromatic rings. The summed E-state index contributed by atoms with van der Waals surface area (Å²) in [4.78, 5) is 0. The van der Waals surface area contributed by atoms with Crippen LogP contribution in [0.5, 0.6) is 5.75 Å². The maximum Gasteiger partial charge on any atom is 0.178 e. The van der Waals surface area contributed by atoms with E-state index in [2.05, 4.69) is 5.32 Å². The molecule has 3 unspecified atom stereocenters. The quantitative estimate of drug-likeness (QED) is 0.569. The van der Waals surface area contributed by atoms with Crippen LogP contribution >= 0.6 is 0 Å². The highest BCUT2D eigenvalue weighted by atomic mass is 16.6. The fraction of sp³-hybridized carbons (Fsp3) is 0.500. The van der Waals surface area contributed by atoms with Crippen LogP contribution in [0.4, 0.5) is 0 Å². The van der Waals surface area contributed by atoms with Gasteiger partial charge in [-0.25, -0.2) is 0 Å². The normalized spacial score (nSPS) is 28.5. The highest BCUT2D eigenvalue weighted by Crippen LogP contribution is 2.19. The largest absolute Gasteiger partial charge is 0.472 e. The fourth-order valence-corrected chi connectivity index (χ4v) is 1.56. The molecule has 2 heterocycles. The van der Waals surface area contributed by atoms with Crippen molar-refractivity contribution < 1.29 is 14.2 Å². The Hall–Kier alpha value is -1.10. The SMILES string of the molecule is c1ccc(OC(NCC2CO2)C2CO2)cc1. The molecule has 4 heteroatoms. The van der Waals surface area contributed by atoms with E-state index in [0.717, 1.165) is 25.5 Å². The molecule has 2 fully saturated rings. The van der Waals surface area contributed by atoms with Gasteiger partial charge >= 0.3 is 0 Å². The number of hydrogen-bond donors (Lipinski definition) is 1. The fourth-order valence-electron chi connectivity index (χ4n) is 1.56. The van der Waals surface area contributed by atoms with Gasteiger partial charge in [-0.2, -0.15) is 0 Å². The zero-order valence-electron chi connectivity index (χ0n) is 8.96. The summed E-state index contributed by atoms with van der Waals surface area (Å²) in [6.07, 6.45) is 0.478. The van der Waals surface area contributed by atoms with Crippen molar-refractivity contribution >= 4 is 0 Å². The van der Waals surface area contributed by atoms with Crippen LogP contribution in [0, 0.1) is 0 Å². The van der Waals surface area contributed by atoms with Crippen LogP contribution in [0.2, 0.25) is 0 Å². The Morgan fingerprint density at radius 2 is 2.00 bits per heavy atom. The van der Waals surface area contributed by atoms with Crippen molar-refractivity contribution in [2.75, 3.05) is 19.8 Å². The second kappa shape index (κ2) is 4.41. The van der Waals surface area contributed by atoms with Gasteiger partial charge in [0.2, 0.25) is 0 Å². The first kappa shape index (κ1) is 10.1. The van der Waals surface area contributed by atoms with E-state index in [4.69, 9.17) is 14.2 Å². The first-order chi connectivity index (χ1) is 7.92. The second-order valence-corrected chi connectivity index (χ2v) is 4.09. The Kier molecular flexibility index (Phi) is 2.78. The monoisotopic (exact) mass is 221 g/mol. The molecule has 0 amide bonds. The van der Waals surface area contributed by atoms with Gasteiger partial charge in [-0.3, -0.25) is 5.32 Å². The Labute approximate surface area is 94.5 Å². The summed E-state index contributed by atoms with van der Waals surface area (Å²) in [5, 5.41) is 3.32. The second-order valence-electron chi connectivity index (χ2n) is 4.09. The van der Waals surface area contributed by atoms with Crippen molar-refractivity contribution in [3.8, 4) is 5.75 Å². The molecule has 3 atom stereocenters. The molecule has 0 aromatic heterocycles. The third-order valence-electron chi connectivity index (χ3n) is 2.65. The van der Waals surface area contributed by atoms with Gasteiger partial charge in [0.15, 0.2) is 6.23 Å². The molecule has 1 aromatic carbocycles. The molecule has 2 aliphatic rings. The first-order valence-corrected chi connectivity index (χ1v) is 5.60. The van der Waals surface area contributed by atoms with Crippen molar-refractivity contribution in [1.82, 2.24) is 5.32 Å². The zero-order chi connectivity index (χ0) is 10.8. The predicted octanol–water partition coefficient (Wildman–Crippen LogP) is 0.779. The van der Waals surface area contributed by atoms with E-state index in [1.807, 2.05) is 30.3 Å². The Bertz CT molecular complexity index is 335. The lowest BCUT2D eigenvalue weighted by molar-refractivity contribution is 0.124. The Morgan fingerprint density at radius 1 is 1.25 bits per heavy atom. The number of ether oxygens (including phenoxy) is 3. The number of rotatable bonds is 6. The average Bonchev–Trinajstić information content (AvgIpc) is 3.18. The summed E-state index contributed by atoms with van der Waals surface area (Å²) in [6, 6.07) is 9.80. The molecule has 16 heavy (non-hydrogen) atoms. The third-order valence-corrected chi connectivity index (χ3v) is 2.65. The summed E-state index contributed by atoms with van der Waals surface area (Å²) in [7, 11) is 0. The van der Waals surface area contributed by atoms with E-state index < -0.39 is 0 Å². The summed E-state index contributed by atoms with van der Waals surface area (Å²) in [5.74, 6) is 0.868. The van der Waals surface area contributed by atoms with Crippen molar-refractivity contribution in [2.45, 2.75) is 18.4 Å². The number of hydrogen-bond acceptors (Lipinski definition) is 4. The van der Waals surface area contributed by atoms with E-state index in [-0.39, 0.29) is 12.3 Å². The highest BCUT2D eigenvalue weighted by molar-refractivity contribution is 5.21. The number of benzene rings is 1. The predicted molar refractivity (Wildman–Crippen MR) is 58.3 cm³/mol. The zero-order valence-corrected chi connectivity index (χ0v) is 8.96. The van der Waals surface area contributed by atoms with E-state index in [1.54, 1.807) is 0 Å². The van der Waals surface area contributed by atoms with Crippen LogP contribution in [0.3, 0.4) is 0 Å². The van der Waals surface area contributed by atoms with Crippen LogP contribution < -0.4 is 10.1 Å². The smallest absolute Gasteiger partial charge is 0.178 e. The van der Waals surface area contributed by atoms with Gasteiger partial charge in [-0.1, -0.05) is 18.2 Å². The van der Waals surface area contributed by atoms with Crippen molar-refractivity contribution in [2.24, 2.45) is 0 Å². The van der Waals surface area contributed by atoms with Gasteiger partial charge in [-0.15, -0.1) is 0 Å². The minimum absolute atomic E-state index is 0.0633. The van der Waals surface area contributed by atoms with Crippen molar-refractivity contribution in [1.29, 1.82) is 0 Å². The van der Waals surface area contributed by atoms with Gasteiger partial charge in [-0.05, 0) is 12.1 Å². The highest BCUT2D eigenvalue weighted by Gasteiger charge is 2.36. The van der Waals surface area contributed by atoms with Crippen LogP contribution in [0.15, 0.2) is 30.3 Å². The van der Waals surface area contributed by atoms with Crippen molar-refractivity contribution in [3.63, 3.8) is 0 Å². The lowest BCUT2D eigenvalue weighted by atomic mass is 10.3. The number of nitrogens with one attached hydrogen (secondary N) is 1. The molecule has 2 saturated heterocycles. The molecule has 4 nitrogen and oxygen atoms in total. The molecule has 1 N–H and O–H groups in total. The summed E-state index contributed by atoms with van der Waals surface area (Å²) in [6.45, 7) is 2.46. The van der Waals surface area contributed by atoms with Crippen LogP contribution in [0.1, 0.15) is 0 Å². The molecule has 86 valence electrons. The maximum atomic E-state index is 5.82. The molecule has 0 saturated carbocycles. The van der Waals surface area contributed by atoms with E-state index in [9.17, 15) is 0 Å². The summed E-state index contributed by atoms with van der Waals surface area (Å²) >= 11 is 0. The van der Waals surface area contributed by atoms with Gasteiger partial charge in [0, 0.05) is 6.54 Å². The van der Waals surface area contributed by atoms with E-state index in [1.165, 1.54) is 0 Å². The summed E-state index contributed by atoms with van der Waals surface area (Å²) < 4.78 is 16.2. The van der Waals surface area contributed by atoms with E-state index in [0.29, 0.717) is 6.10 Å². The lowest BCUT2D eigenvalue weighted by Gasteiger charge is -2.18. The minimum Gasteiger partial charge on any atom is -0.472 e. The molecular formula is C12H15NO3. The van der Waals surface area contributed by atoms with Gasteiger partial charge in [0.1, 0.15) is 11.9 Å². The first-order valence-electron chi connectivity index (χ1n) is 5.60. The van der Waals surface area contributed by atoms with Crippen molar-refractivity contribution in [3.05, 3.63) is 30.3 Å². The van der Waals surface area contributed by atoms with Gasteiger partial charge in [0.25, 0.3) is 0 Å². The van der Waals surface area contributed by atoms with Crippen LogP contribution in [0.25, 0.3) is 0 Å². The molecule has 0 spiro atoms. The lowest BCUT2D eigenvalue weighted by Crippen LogP contribution is -2.41. The minimum atomic E-state index is -0.0633. The molecular weight excluding hydrogens is 206 g/mol. The topological polar surface area (TPSA) is 46.3 Å². The number of para-hydroxylation sites is 1. The third kappa shape index (κ3) is 2.72. The molecule has 0 radical (unpaired) electrons. The van der Waals surface area contributed by atoms with E-state index >= 15 is 0 Å². The van der Waals surface area contributed by atoms with Crippen LogP contribution in [-0.4, -0.2) is 38.2 Å². The molecule has 0 aliphatic carbocycles. The van der Waals surface area contributed by atoms with Crippen LogP contribution in [-0.2, 0) is 9.47 Å².